The SMILES string of the molecule is CCc1onc(C(=O)NCC(C)(C)N(CC)CC)c1C. The zero-order chi connectivity index (χ0) is 15.3. The van der Waals surface area contributed by atoms with E-state index in [4.69, 9.17) is 4.52 Å². The van der Waals surface area contributed by atoms with Crippen molar-refractivity contribution >= 4 is 5.91 Å². The van der Waals surface area contributed by atoms with Gasteiger partial charge in [0.15, 0.2) is 5.69 Å². The number of aryl methyl sites for hydroxylation is 1. The Morgan fingerprint density at radius 3 is 2.35 bits per heavy atom. The van der Waals surface area contributed by atoms with E-state index in [1.165, 1.54) is 0 Å². The molecule has 0 bridgehead atoms. The van der Waals surface area contributed by atoms with Crippen molar-refractivity contribution in [2.75, 3.05) is 19.6 Å². The van der Waals surface area contributed by atoms with Crippen molar-refractivity contribution in [3.05, 3.63) is 17.0 Å². The summed E-state index contributed by atoms with van der Waals surface area (Å²) >= 11 is 0. The van der Waals surface area contributed by atoms with Crippen LogP contribution in [0, 0.1) is 6.92 Å². The standard InChI is InChI=1S/C15H27N3O2/c1-7-12-11(4)13(17-20-12)14(19)16-10-15(5,6)18(8-2)9-3/h7-10H2,1-6H3,(H,16,19). The molecule has 1 N–H and O–H groups in total. The van der Waals surface area contributed by atoms with Gasteiger partial charge < -0.3 is 9.84 Å². The van der Waals surface area contributed by atoms with Crippen LogP contribution in [0.25, 0.3) is 0 Å². The molecular weight excluding hydrogens is 254 g/mol. The van der Waals surface area contributed by atoms with Crippen molar-refractivity contribution in [2.24, 2.45) is 0 Å². The molecule has 0 aromatic carbocycles. The van der Waals surface area contributed by atoms with Gasteiger partial charge in [0.05, 0.1) is 0 Å². The summed E-state index contributed by atoms with van der Waals surface area (Å²) in [4.78, 5) is 14.5. The van der Waals surface area contributed by atoms with E-state index in [0.29, 0.717) is 12.2 Å². The number of rotatable bonds is 7. The molecule has 1 rings (SSSR count). The molecule has 0 atom stereocenters. The number of carbonyl (C=O) groups is 1. The Labute approximate surface area is 121 Å². The van der Waals surface area contributed by atoms with E-state index < -0.39 is 0 Å². The van der Waals surface area contributed by atoms with Gasteiger partial charge >= 0.3 is 0 Å². The minimum Gasteiger partial charge on any atom is -0.360 e. The largest absolute Gasteiger partial charge is 0.360 e. The molecule has 0 saturated carbocycles. The maximum absolute atomic E-state index is 12.2. The predicted molar refractivity (Wildman–Crippen MR) is 80.0 cm³/mol. The van der Waals surface area contributed by atoms with Gasteiger partial charge in [0.1, 0.15) is 5.76 Å². The molecule has 114 valence electrons. The Morgan fingerprint density at radius 2 is 1.90 bits per heavy atom. The average molecular weight is 281 g/mol. The van der Waals surface area contributed by atoms with E-state index in [0.717, 1.165) is 30.8 Å². The molecule has 20 heavy (non-hydrogen) atoms. The molecule has 0 aliphatic heterocycles. The Kier molecular flexibility index (Phi) is 5.74. The fraction of sp³-hybridized carbons (Fsp3) is 0.733. The summed E-state index contributed by atoms with van der Waals surface area (Å²) in [5, 5.41) is 6.84. The van der Waals surface area contributed by atoms with Crippen molar-refractivity contribution in [3.63, 3.8) is 0 Å². The van der Waals surface area contributed by atoms with Gasteiger partial charge in [0, 0.05) is 24.1 Å². The molecule has 1 aromatic heterocycles. The van der Waals surface area contributed by atoms with E-state index in [1.807, 2.05) is 13.8 Å². The van der Waals surface area contributed by atoms with Crippen LogP contribution >= 0.6 is 0 Å². The Morgan fingerprint density at radius 1 is 1.30 bits per heavy atom. The van der Waals surface area contributed by atoms with Crippen LogP contribution in [0.3, 0.4) is 0 Å². The highest BCUT2D eigenvalue weighted by Gasteiger charge is 2.26. The quantitative estimate of drug-likeness (QED) is 0.833. The van der Waals surface area contributed by atoms with Gasteiger partial charge in [-0.1, -0.05) is 25.9 Å². The Balaban J connectivity index is 2.69. The summed E-state index contributed by atoms with van der Waals surface area (Å²) in [5.74, 6) is 0.615. The van der Waals surface area contributed by atoms with E-state index in [2.05, 4.69) is 43.1 Å². The molecule has 0 unspecified atom stereocenters. The third-order valence-corrected chi connectivity index (χ3v) is 3.86. The Hall–Kier alpha value is -1.36. The molecule has 0 fully saturated rings. The fourth-order valence-electron chi connectivity index (χ4n) is 2.48. The monoisotopic (exact) mass is 281 g/mol. The smallest absolute Gasteiger partial charge is 0.273 e. The fourth-order valence-corrected chi connectivity index (χ4v) is 2.48. The van der Waals surface area contributed by atoms with E-state index >= 15 is 0 Å². The van der Waals surface area contributed by atoms with Crippen molar-refractivity contribution in [2.45, 2.75) is 53.5 Å². The number of likely N-dealkylation sites (N-methyl/N-ethyl adjacent to an activating group) is 1. The van der Waals surface area contributed by atoms with E-state index in [-0.39, 0.29) is 11.4 Å². The summed E-state index contributed by atoms with van der Waals surface area (Å²) in [6.45, 7) is 14.9. The first-order valence-electron chi connectivity index (χ1n) is 7.35. The first-order chi connectivity index (χ1) is 9.37. The molecule has 1 amide bonds. The predicted octanol–water partition coefficient (Wildman–Crippen LogP) is 2.40. The molecule has 0 aliphatic rings. The number of aromatic nitrogens is 1. The third kappa shape index (κ3) is 3.60. The first kappa shape index (κ1) is 16.7. The molecule has 0 aliphatic carbocycles. The molecule has 1 heterocycles. The van der Waals surface area contributed by atoms with Gasteiger partial charge in [-0.3, -0.25) is 9.69 Å². The number of nitrogens with zero attached hydrogens (tertiary/aromatic N) is 2. The van der Waals surface area contributed by atoms with Gasteiger partial charge in [-0.05, 0) is 33.9 Å². The van der Waals surface area contributed by atoms with Crippen molar-refractivity contribution in [3.8, 4) is 0 Å². The Bertz CT molecular complexity index is 448. The number of amides is 1. The van der Waals surface area contributed by atoms with Crippen molar-refractivity contribution in [1.82, 2.24) is 15.4 Å². The van der Waals surface area contributed by atoms with Crippen LogP contribution in [0.15, 0.2) is 4.52 Å². The second-order valence-corrected chi connectivity index (χ2v) is 5.60. The maximum atomic E-state index is 12.2. The van der Waals surface area contributed by atoms with E-state index in [9.17, 15) is 4.79 Å². The van der Waals surface area contributed by atoms with E-state index in [1.54, 1.807) is 0 Å². The number of carbonyl (C=O) groups excluding carboxylic acids is 1. The molecular formula is C15H27N3O2. The zero-order valence-electron chi connectivity index (χ0n) is 13.5. The highest BCUT2D eigenvalue weighted by atomic mass is 16.5. The molecule has 1 aromatic rings. The molecule has 5 nitrogen and oxygen atoms in total. The van der Waals surface area contributed by atoms with Crippen LogP contribution in [-0.4, -0.2) is 41.1 Å². The number of hydrogen-bond donors (Lipinski definition) is 1. The second kappa shape index (κ2) is 6.88. The average Bonchev–Trinajstić information content (AvgIpc) is 2.78. The minimum absolute atomic E-state index is 0.0790. The second-order valence-electron chi connectivity index (χ2n) is 5.60. The zero-order valence-corrected chi connectivity index (χ0v) is 13.5. The maximum Gasteiger partial charge on any atom is 0.273 e. The summed E-state index contributed by atoms with van der Waals surface area (Å²) in [5.41, 5.74) is 1.16. The summed E-state index contributed by atoms with van der Waals surface area (Å²) in [6.07, 6.45) is 0.747. The molecule has 5 heteroatoms. The van der Waals surface area contributed by atoms with Crippen molar-refractivity contribution < 1.29 is 9.32 Å². The summed E-state index contributed by atoms with van der Waals surface area (Å²) in [7, 11) is 0. The van der Waals surface area contributed by atoms with Gasteiger partial charge in [0.2, 0.25) is 0 Å². The van der Waals surface area contributed by atoms with Crippen LogP contribution in [0.2, 0.25) is 0 Å². The van der Waals surface area contributed by atoms with Gasteiger partial charge in [-0.25, -0.2) is 0 Å². The topological polar surface area (TPSA) is 58.4 Å². The summed E-state index contributed by atoms with van der Waals surface area (Å²) in [6, 6.07) is 0. The van der Waals surface area contributed by atoms with Crippen LogP contribution in [0.5, 0.6) is 0 Å². The summed E-state index contributed by atoms with van der Waals surface area (Å²) < 4.78 is 5.17. The van der Waals surface area contributed by atoms with Crippen LogP contribution in [0.4, 0.5) is 0 Å². The van der Waals surface area contributed by atoms with Gasteiger partial charge in [0.25, 0.3) is 5.91 Å². The lowest BCUT2D eigenvalue weighted by Crippen LogP contribution is -2.51. The van der Waals surface area contributed by atoms with Crippen LogP contribution < -0.4 is 5.32 Å². The molecule has 0 radical (unpaired) electrons. The minimum atomic E-state index is -0.161. The molecule has 0 saturated heterocycles. The number of nitrogens with one attached hydrogen (secondary N) is 1. The van der Waals surface area contributed by atoms with Crippen molar-refractivity contribution in [1.29, 1.82) is 0 Å². The van der Waals surface area contributed by atoms with Crippen LogP contribution in [0.1, 0.15) is 56.4 Å². The lowest BCUT2D eigenvalue weighted by molar-refractivity contribution is 0.0876. The molecule has 0 spiro atoms. The lowest BCUT2D eigenvalue weighted by Gasteiger charge is -2.37. The normalized spacial score (nSPS) is 11.9. The van der Waals surface area contributed by atoms with Gasteiger partial charge in [-0.2, -0.15) is 0 Å². The van der Waals surface area contributed by atoms with Crippen LogP contribution in [-0.2, 0) is 6.42 Å². The highest BCUT2D eigenvalue weighted by Crippen LogP contribution is 2.15. The highest BCUT2D eigenvalue weighted by molar-refractivity contribution is 5.93. The van der Waals surface area contributed by atoms with Gasteiger partial charge in [-0.15, -0.1) is 0 Å². The lowest BCUT2D eigenvalue weighted by atomic mass is 10.0. The number of hydrogen-bond acceptors (Lipinski definition) is 4. The third-order valence-electron chi connectivity index (χ3n) is 3.86. The first-order valence-corrected chi connectivity index (χ1v) is 7.35.